The molecule has 0 fully saturated rings. The Labute approximate surface area is 156 Å². The normalized spacial score (nSPS) is 10.7. The van der Waals surface area contributed by atoms with Gasteiger partial charge in [-0.3, -0.25) is 0 Å². The van der Waals surface area contributed by atoms with Crippen molar-refractivity contribution < 1.29 is 24.1 Å². The minimum absolute atomic E-state index is 0.0903. The number of rotatable bonds is 9. The number of carboxylic acids is 1. The first-order valence-corrected chi connectivity index (χ1v) is 8.21. The number of nitrogens with one attached hydrogen (secondary N) is 2. The van der Waals surface area contributed by atoms with Gasteiger partial charge in [0, 0.05) is 36.5 Å². The third-order valence-electron chi connectivity index (χ3n) is 3.83. The maximum Gasteiger partial charge on any atom is 0.353 e. The summed E-state index contributed by atoms with van der Waals surface area (Å²) in [4.78, 5) is 14.4. The van der Waals surface area contributed by atoms with Gasteiger partial charge >= 0.3 is 5.97 Å². The third kappa shape index (κ3) is 3.72. The summed E-state index contributed by atoms with van der Waals surface area (Å²) in [5, 5.41) is 12.6. The predicted molar refractivity (Wildman–Crippen MR) is 98.6 cm³/mol. The number of ether oxygens (including phenoxy) is 3. The van der Waals surface area contributed by atoms with Gasteiger partial charge in [0.1, 0.15) is 5.69 Å². The minimum Gasteiger partial charge on any atom is -0.493 e. The molecule has 0 saturated heterocycles. The average Bonchev–Trinajstić information content (AvgIpc) is 2.96. The highest BCUT2D eigenvalue weighted by Gasteiger charge is 2.26. The maximum absolute atomic E-state index is 11.5. The number of benzene rings is 1. The highest BCUT2D eigenvalue weighted by atomic mass is 35.5. The van der Waals surface area contributed by atoms with Crippen molar-refractivity contribution in [2.75, 3.05) is 34.4 Å². The number of carbonyl (C=O) groups is 1. The van der Waals surface area contributed by atoms with Crippen molar-refractivity contribution >= 4 is 17.6 Å². The zero-order valence-electron chi connectivity index (χ0n) is 14.8. The largest absolute Gasteiger partial charge is 0.493 e. The third-order valence-corrected chi connectivity index (χ3v) is 4.20. The number of aromatic nitrogens is 1. The number of aromatic amines is 1. The van der Waals surface area contributed by atoms with Crippen LogP contribution in [0.2, 0.25) is 5.02 Å². The van der Waals surface area contributed by atoms with E-state index in [0.717, 1.165) is 0 Å². The summed E-state index contributed by atoms with van der Waals surface area (Å²) in [6.07, 6.45) is 0. The van der Waals surface area contributed by atoms with Gasteiger partial charge in [-0.1, -0.05) is 11.6 Å². The van der Waals surface area contributed by atoms with Crippen LogP contribution >= 0.6 is 11.6 Å². The summed E-state index contributed by atoms with van der Waals surface area (Å²) in [7, 11) is 4.51. The van der Waals surface area contributed by atoms with Gasteiger partial charge < -0.3 is 35.4 Å². The van der Waals surface area contributed by atoms with Gasteiger partial charge in [0.2, 0.25) is 5.75 Å². The summed E-state index contributed by atoms with van der Waals surface area (Å²) < 4.78 is 16.2. The molecule has 26 heavy (non-hydrogen) atoms. The van der Waals surface area contributed by atoms with E-state index in [9.17, 15) is 9.90 Å². The van der Waals surface area contributed by atoms with E-state index >= 15 is 0 Å². The summed E-state index contributed by atoms with van der Waals surface area (Å²) in [5.41, 5.74) is 7.11. The topological polar surface area (TPSA) is 119 Å². The monoisotopic (exact) mass is 383 g/mol. The summed E-state index contributed by atoms with van der Waals surface area (Å²) >= 11 is 6.38. The lowest BCUT2D eigenvalue weighted by molar-refractivity contribution is 0.0691. The number of carboxylic acid groups (broad SMARTS) is 1. The molecule has 0 amide bonds. The lowest BCUT2D eigenvalue weighted by atomic mass is 10.0. The fraction of sp³-hybridized carbons (Fsp3) is 0.353. The van der Waals surface area contributed by atoms with E-state index in [2.05, 4.69) is 10.3 Å². The molecule has 142 valence electrons. The number of aromatic carboxylic acids is 1. The Morgan fingerprint density at radius 1 is 1.23 bits per heavy atom. The van der Waals surface area contributed by atoms with Gasteiger partial charge in [0.15, 0.2) is 11.5 Å². The second-order valence-corrected chi connectivity index (χ2v) is 5.70. The first kappa shape index (κ1) is 19.9. The quantitative estimate of drug-likeness (QED) is 0.489. The average molecular weight is 384 g/mol. The molecule has 8 nitrogen and oxygen atoms in total. The highest BCUT2D eigenvalue weighted by molar-refractivity contribution is 6.36. The van der Waals surface area contributed by atoms with Crippen LogP contribution in [0.1, 0.15) is 16.2 Å². The second kappa shape index (κ2) is 8.79. The van der Waals surface area contributed by atoms with Gasteiger partial charge in [-0.15, -0.1) is 0 Å². The zero-order valence-corrected chi connectivity index (χ0v) is 15.6. The van der Waals surface area contributed by atoms with Gasteiger partial charge in [0.05, 0.1) is 26.4 Å². The molecule has 0 aliphatic carbocycles. The molecule has 0 aliphatic rings. The number of nitrogens with two attached hydrogens (primary N) is 1. The molecule has 0 radical (unpaired) electrons. The summed E-state index contributed by atoms with van der Waals surface area (Å²) in [6, 6.07) is 3.45. The Hall–Kier alpha value is -2.42. The SMILES string of the molecule is COc1ccc(-c2c(CNCCN)[nH]c(C(=O)O)c2Cl)c(OC)c1OC. The van der Waals surface area contributed by atoms with Gasteiger partial charge in [0.25, 0.3) is 0 Å². The molecule has 0 bridgehead atoms. The van der Waals surface area contributed by atoms with Crippen LogP contribution in [-0.2, 0) is 6.54 Å². The minimum atomic E-state index is -1.15. The van der Waals surface area contributed by atoms with E-state index in [1.165, 1.54) is 21.3 Å². The molecule has 1 aromatic carbocycles. The molecule has 0 atom stereocenters. The first-order valence-electron chi connectivity index (χ1n) is 7.83. The number of hydrogen-bond acceptors (Lipinski definition) is 6. The van der Waals surface area contributed by atoms with Gasteiger partial charge in [-0.25, -0.2) is 4.79 Å². The van der Waals surface area contributed by atoms with Crippen molar-refractivity contribution in [3.63, 3.8) is 0 Å². The predicted octanol–water partition coefficient (Wildman–Crippen LogP) is 2.11. The molecule has 5 N–H and O–H groups in total. The number of methoxy groups -OCH3 is 3. The summed E-state index contributed by atoms with van der Waals surface area (Å²) in [6.45, 7) is 1.38. The smallest absolute Gasteiger partial charge is 0.353 e. The van der Waals surface area contributed by atoms with Crippen molar-refractivity contribution in [2.45, 2.75) is 6.54 Å². The van der Waals surface area contributed by atoms with E-state index in [1.54, 1.807) is 12.1 Å². The number of hydrogen-bond donors (Lipinski definition) is 4. The van der Waals surface area contributed by atoms with Crippen LogP contribution in [0.5, 0.6) is 17.2 Å². The van der Waals surface area contributed by atoms with E-state index in [0.29, 0.717) is 53.7 Å². The van der Waals surface area contributed by atoms with Crippen LogP contribution in [0.15, 0.2) is 12.1 Å². The second-order valence-electron chi connectivity index (χ2n) is 5.32. The Morgan fingerprint density at radius 3 is 2.46 bits per heavy atom. The Morgan fingerprint density at radius 2 is 1.92 bits per heavy atom. The van der Waals surface area contributed by atoms with Crippen molar-refractivity contribution in [3.05, 3.63) is 28.5 Å². The van der Waals surface area contributed by atoms with Crippen LogP contribution < -0.4 is 25.3 Å². The summed E-state index contributed by atoms with van der Waals surface area (Å²) in [5.74, 6) is 0.120. The van der Waals surface area contributed by atoms with Crippen molar-refractivity contribution in [2.24, 2.45) is 5.73 Å². The van der Waals surface area contributed by atoms with E-state index in [1.807, 2.05) is 0 Å². The van der Waals surface area contributed by atoms with Crippen LogP contribution in [0.25, 0.3) is 11.1 Å². The van der Waals surface area contributed by atoms with Gasteiger partial charge in [-0.05, 0) is 12.1 Å². The van der Waals surface area contributed by atoms with Crippen molar-refractivity contribution in [3.8, 4) is 28.4 Å². The van der Waals surface area contributed by atoms with Crippen LogP contribution in [-0.4, -0.2) is 50.5 Å². The lowest BCUT2D eigenvalue weighted by Crippen LogP contribution is -2.22. The molecule has 1 heterocycles. The fourth-order valence-electron chi connectivity index (χ4n) is 2.70. The molecular weight excluding hydrogens is 362 g/mol. The van der Waals surface area contributed by atoms with Crippen LogP contribution in [0.3, 0.4) is 0 Å². The van der Waals surface area contributed by atoms with Crippen molar-refractivity contribution in [1.29, 1.82) is 0 Å². The number of H-pyrrole nitrogens is 1. The molecule has 2 rings (SSSR count). The van der Waals surface area contributed by atoms with Crippen LogP contribution in [0, 0.1) is 0 Å². The van der Waals surface area contributed by atoms with E-state index in [-0.39, 0.29) is 10.7 Å². The fourth-order valence-corrected chi connectivity index (χ4v) is 3.04. The molecule has 0 aliphatic heterocycles. The molecule has 1 aromatic heterocycles. The lowest BCUT2D eigenvalue weighted by Gasteiger charge is -2.16. The molecule has 0 spiro atoms. The standard InChI is InChI=1S/C17H22ClN3O5/c1-24-11-5-4-9(15(25-2)16(11)26-3)12-10(8-20-7-6-19)21-14(13(12)18)17(22)23/h4-5,20-21H,6-8,19H2,1-3H3,(H,22,23). The Bertz CT molecular complexity index is 791. The van der Waals surface area contributed by atoms with Gasteiger partial charge in [-0.2, -0.15) is 0 Å². The molecular formula is C17H22ClN3O5. The Kier molecular flexibility index (Phi) is 6.73. The molecule has 0 saturated carbocycles. The highest BCUT2D eigenvalue weighted by Crippen LogP contribution is 2.47. The zero-order chi connectivity index (χ0) is 19.3. The molecule has 0 unspecified atom stereocenters. The number of halogens is 1. The first-order chi connectivity index (χ1) is 12.5. The molecule has 2 aromatic rings. The Balaban J connectivity index is 2.68. The van der Waals surface area contributed by atoms with E-state index < -0.39 is 5.97 Å². The molecule has 9 heteroatoms. The van der Waals surface area contributed by atoms with E-state index in [4.69, 9.17) is 31.5 Å². The van der Waals surface area contributed by atoms with Crippen LogP contribution in [0.4, 0.5) is 0 Å². The van der Waals surface area contributed by atoms with Crippen molar-refractivity contribution in [1.82, 2.24) is 10.3 Å². The maximum atomic E-state index is 11.5.